The zero-order valence-electron chi connectivity index (χ0n) is 11.9. The largest absolute Gasteiger partial charge is 0.388 e. The van der Waals surface area contributed by atoms with E-state index in [2.05, 4.69) is 51.3 Å². The Hall–Kier alpha value is -0.580. The topological polar surface area (TPSA) is 35.5 Å². The van der Waals surface area contributed by atoms with Crippen LogP contribution in [-0.4, -0.2) is 30.8 Å². The van der Waals surface area contributed by atoms with E-state index >= 15 is 0 Å². The molecule has 1 saturated heterocycles. The fraction of sp³-hybridized carbons (Fsp3) is 0.600. The molecule has 19 heavy (non-hydrogen) atoms. The van der Waals surface area contributed by atoms with Crippen molar-refractivity contribution in [2.24, 2.45) is 0 Å². The number of hydrogen-bond acceptors (Lipinski definition) is 3. The summed E-state index contributed by atoms with van der Waals surface area (Å²) in [6.07, 6.45) is 1.92. The van der Waals surface area contributed by atoms with Gasteiger partial charge in [0.05, 0.1) is 11.3 Å². The minimum Gasteiger partial charge on any atom is -0.388 e. The molecule has 0 saturated carbocycles. The molecule has 0 radical (unpaired) electrons. The SMILES string of the molecule is CNC(C)c1ccc(N2CCCC(C)(O)C2)c(Br)c1. The van der Waals surface area contributed by atoms with Crippen molar-refractivity contribution in [3.8, 4) is 0 Å². The average molecular weight is 327 g/mol. The van der Waals surface area contributed by atoms with E-state index in [9.17, 15) is 5.11 Å². The van der Waals surface area contributed by atoms with Crippen molar-refractivity contribution >= 4 is 21.6 Å². The zero-order chi connectivity index (χ0) is 14.0. The molecule has 1 heterocycles. The van der Waals surface area contributed by atoms with Crippen LogP contribution in [0.4, 0.5) is 5.69 Å². The fourth-order valence-electron chi connectivity index (χ4n) is 2.64. The number of benzene rings is 1. The normalized spacial score (nSPS) is 25.4. The lowest BCUT2D eigenvalue weighted by Crippen LogP contribution is -2.46. The quantitative estimate of drug-likeness (QED) is 0.896. The summed E-state index contributed by atoms with van der Waals surface area (Å²) in [6.45, 7) is 5.78. The molecule has 1 aliphatic heterocycles. The molecule has 1 aromatic carbocycles. The molecule has 2 rings (SSSR count). The van der Waals surface area contributed by atoms with Gasteiger partial charge in [-0.05, 0) is 67.4 Å². The third-order valence-electron chi connectivity index (χ3n) is 3.92. The standard InChI is InChI=1S/C15H23BrN2O/c1-11(17-3)12-5-6-14(13(16)9-12)18-8-4-7-15(2,19)10-18/h5-6,9,11,17,19H,4,7-8,10H2,1-3H3. The van der Waals surface area contributed by atoms with Crippen LogP contribution < -0.4 is 10.2 Å². The van der Waals surface area contributed by atoms with E-state index in [1.807, 2.05) is 14.0 Å². The van der Waals surface area contributed by atoms with Crippen LogP contribution in [0.3, 0.4) is 0 Å². The molecule has 106 valence electrons. The highest BCUT2D eigenvalue weighted by atomic mass is 79.9. The predicted octanol–water partition coefficient (Wildman–Crippen LogP) is 3.08. The van der Waals surface area contributed by atoms with E-state index in [0.717, 1.165) is 23.9 Å². The molecule has 1 aromatic rings. The Balaban J connectivity index is 2.21. The number of anilines is 1. The number of nitrogens with one attached hydrogen (secondary N) is 1. The van der Waals surface area contributed by atoms with E-state index in [1.54, 1.807) is 0 Å². The van der Waals surface area contributed by atoms with Crippen LogP contribution in [0.2, 0.25) is 0 Å². The van der Waals surface area contributed by atoms with Crippen LogP contribution in [0.1, 0.15) is 38.3 Å². The number of aliphatic hydroxyl groups is 1. The molecule has 4 heteroatoms. The highest BCUT2D eigenvalue weighted by Gasteiger charge is 2.29. The molecule has 2 unspecified atom stereocenters. The van der Waals surface area contributed by atoms with Crippen molar-refractivity contribution in [3.63, 3.8) is 0 Å². The van der Waals surface area contributed by atoms with Crippen LogP contribution in [0.15, 0.2) is 22.7 Å². The number of halogens is 1. The first-order chi connectivity index (χ1) is 8.93. The van der Waals surface area contributed by atoms with Crippen LogP contribution >= 0.6 is 15.9 Å². The molecule has 1 fully saturated rings. The highest BCUT2D eigenvalue weighted by Crippen LogP contribution is 2.33. The van der Waals surface area contributed by atoms with E-state index in [4.69, 9.17) is 0 Å². The molecule has 0 aromatic heterocycles. The molecule has 3 nitrogen and oxygen atoms in total. The second-order valence-corrected chi connectivity index (χ2v) is 6.60. The number of rotatable bonds is 3. The molecule has 2 N–H and O–H groups in total. The fourth-order valence-corrected chi connectivity index (χ4v) is 3.29. The molecule has 0 aliphatic carbocycles. The Morgan fingerprint density at radius 1 is 1.47 bits per heavy atom. The maximum Gasteiger partial charge on any atom is 0.0794 e. The van der Waals surface area contributed by atoms with Crippen LogP contribution in [-0.2, 0) is 0 Å². The monoisotopic (exact) mass is 326 g/mol. The van der Waals surface area contributed by atoms with Gasteiger partial charge in [0.2, 0.25) is 0 Å². The summed E-state index contributed by atoms with van der Waals surface area (Å²) in [7, 11) is 1.97. The number of piperidine rings is 1. The first kappa shape index (κ1) is 14.8. The van der Waals surface area contributed by atoms with Gasteiger partial charge in [0.15, 0.2) is 0 Å². The Morgan fingerprint density at radius 3 is 2.79 bits per heavy atom. The maximum atomic E-state index is 10.2. The second kappa shape index (κ2) is 5.81. The lowest BCUT2D eigenvalue weighted by molar-refractivity contribution is 0.0449. The van der Waals surface area contributed by atoms with Crippen molar-refractivity contribution in [2.75, 3.05) is 25.0 Å². The number of β-amino-alcohol motifs (C(OH)–C–C–N with tert-alkyl or cyclic N) is 1. The third kappa shape index (κ3) is 3.50. The first-order valence-electron chi connectivity index (χ1n) is 6.87. The van der Waals surface area contributed by atoms with Gasteiger partial charge >= 0.3 is 0 Å². The summed E-state index contributed by atoms with van der Waals surface area (Å²) < 4.78 is 1.10. The molecule has 2 atom stereocenters. The highest BCUT2D eigenvalue weighted by molar-refractivity contribution is 9.10. The summed E-state index contributed by atoms with van der Waals surface area (Å²) in [5.74, 6) is 0. The molecule has 1 aliphatic rings. The zero-order valence-corrected chi connectivity index (χ0v) is 13.5. The summed E-state index contributed by atoms with van der Waals surface area (Å²) in [5, 5.41) is 13.5. The van der Waals surface area contributed by atoms with E-state index < -0.39 is 5.60 Å². The van der Waals surface area contributed by atoms with Gasteiger partial charge in [-0.15, -0.1) is 0 Å². The van der Waals surface area contributed by atoms with Crippen molar-refractivity contribution < 1.29 is 5.11 Å². The number of nitrogens with zero attached hydrogens (tertiary/aromatic N) is 1. The molecule has 0 amide bonds. The minimum absolute atomic E-state index is 0.342. The Labute approximate surface area is 124 Å². The van der Waals surface area contributed by atoms with Gasteiger partial charge in [-0.3, -0.25) is 0 Å². The van der Waals surface area contributed by atoms with Gasteiger partial charge in [0, 0.05) is 23.6 Å². The van der Waals surface area contributed by atoms with Crippen LogP contribution in [0.25, 0.3) is 0 Å². The average Bonchev–Trinajstić information content (AvgIpc) is 2.36. The van der Waals surface area contributed by atoms with Gasteiger partial charge in [-0.25, -0.2) is 0 Å². The summed E-state index contributed by atoms with van der Waals surface area (Å²) >= 11 is 3.67. The number of hydrogen-bond donors (Lipinski definition) is 2. The minimum atomic E-state index is -0.575. The van der Waals surface area contributed by atoms with E-state index in [-0.39, 0.29) is 0 Å². The molecule has 0 spiro atoms. The van der Waals surface area contributed by atoms with Gasteiger partial charge < -0.3 is 15.3 Å². The summed E-state index contributed by atoms with van der Waals surface area (Å²) in [6, 6.07) is 6.81. The van der Waals surface area contributed by atoms with Gasteiger partial charge in [-0.2, -0.15) is 0 Å². The van der Waals surface area contributed by atoms with Crippen molar-refractivity contribution in [1.82, 2.24) is 5.32 Å². The van der Waals surface area contributed by atoms with Crippen molar-refractivity contribution in [3.05, 3.63) is 28.2 Å². The Bertz CT molecular complexity index is 448. The van der Waals surface area contributed by atoms with Crippen LogP contribution in [0, 0.1) is 0 Å². The second-order valence-electron chi connectivity index (χ2n) is 5.74. The summed E-state index contributed by atoms with van der Waals surface area (Å²) in [5.41, 5.74) is 1.86. The molecular formula is C15H23BrN2O. The lowest BCUT2D eigenvalue weighted by atomic mass is 9.94. The molecule has 0 bridgehead atoms. The molecular weight excluding hydrogens is 304 g/mol. The van der Waals surface area contributed by atoms with E-state index in [1.165, 1.54) is 11.3 Å². The Morgan fingerprint density at radius 2 is 2.21 bits per heavy atom. The summed E-state index contributed by atoms with van der Waals surface area (Å²) in [4.78, 5) is 2.27. The smallest absolute Gasteiger partial charge is 0.0794 e. The van der Waals surface area contributed by atoms with E-state index in [0.29, 0.717) is 12.6 Å². The lowest BCUT2D eigenvalue weighted by Gasteiger charge is -2.38. The van der Waals surface area contributed by atoms with Gasteiger partial charge in [0.1, 0.15) is 0 Å². The third-order valence-corrected chi connectivity index (χ3v) is 4.56. The van der Waals surface area contributed by atoms with Crippen molar-refractivity contribution in [1.29, 1.82) is 0 Å². The first-order valence-corrected chi connectivity index (χ1v) is 7.66. The van der Waals surface area contributed by atoms with Crippen molar-refractivity contribution in [2.45, 2.75) is 38.3 Å². The predicted molar refractivity (Wildman–Crippen MR) is 83.7 cm³/mol. The van der Waals surface area contributed by atoms with Gasteiger partial charge in [0.25, 0.3) is 0 Å². The maximum absolute atomic E-state index is 10.2. The van der Waals surface area contributed by atoms with Gasteiger partial charge in [-0.1, -0.05) is 6.07 Å². The van der Waals surface area contributed by atoms with Crippen LogP contribution in [0.5, 0.6) is 0 Å². The Kier molecular flexibility index (Phi) is 4.54.